The van der Waals surface area contributed by atoms with Gasteiger partial charge in [0.25, 0.3) is 5.91 Å². The van der Waals surface area contributed by atoms with Crippen LogP contribution in [0.2, 0.25) is 5.02 Å². The molecule has 0 aliphatic carbocycles. The topological polar surface area (TPSA) is 73.5 Å². The first kappa shape index (κ1) is 23.1. The third-order valence-electron chi connectivity index (χ3n) is 5.63. The van der Waals surface area contributed by atoms with Crippen LogP contribution in [0.1, 0.15) is 47.3 Å². The SMILES string of the molecule is N=C(c1ccc(C(=O)N2CCCCCC2)cc1NCC(F)(F)F)c1cnc2ccc(Cl)cn12. The molecule has 3 heterocycles. The molecule has 0 unspecified atom stereocenters. The highest BCUT2D eigenvalue weighted by Gasteiger charge is 2.28. The zero-order valence-electron chi connectivity index (χ0n) is 17.8. The van der Waals surface area contributed by atoms with E-state index in [2.05, 4.69) is 10.3 Å². The van der Waals surface area contributed by atoms with E-state index in [1.54, 1.807) is 33.7 Å². The molecule has 33 heavy (non-hydrogen) atoms. The molecule has 4 rings (SSSR count). The second-order valence-corrected chi connectivity index (χ2v) is 8.47. The Morgan fingerprint density at radius 2 is 1.85 bits per heavy atom. The largest absolute Gasteiger partial charge is 0.405 e. The second kappa shape index (κ2) is 9.43. The summed E-state index contributed by atoms with van der Waals surface area (Å²) < 4.78 is 40.5. The van der Waals surface area contributed by atoms with Gasteiger partial charge in [-0.25, -0.2) is 4.98 Å². The van der Waals surface area contributed by atoms with Gasteiger partial charge in [0.1, 0.15) is 12.2 Å². The summed E-state index contributed by atoms with van der Waals surface area (Å²) in [6, 6.07) is 7.82. The molecule has 0 radical (unpaired) electrons. The van der Waals surface area contributed by atoms with Gasteiger partial charge in [-0.15, -0.1) is 0 Å². The van der Waals surface area contributed by atoms with E-state index in [9.17, 15) is 18.0 Å². The van der Waals surface area contributed by atoms with Crippen molar-refractivity contribution in [2.45, 2.75) is 31.9 Å². The zero-order valence-corrected chi connectivity index (χ0v) is 18.5. The first-order chi connectivity index (χ1) is 15.7. The van der Waals surface area contributed by atoms with E-state index >= 15 is 0 Å². The number of pyridine rings is 1. The fraction of sp³-hybridized carbons (Fsp3) is 0.348. The van der Waals surface area contributed by atoms with Crippen molar-refractivity contribution >= 4 is 34.6 Å². The van der Waals surface area contributed by atoms with Gasteiger partial charge < -0.3 is 10.2 Å². The predicted octanol–water partition coefficient (Wildman–Crippen LogP) is 5.39. The standard InChI is InChI=1S/C23H23ClF3N5O/c24-16-6-8-20-29-12-19(32(20)13-16)21(28)17-7-5-15(11-18(17)30-14-23(25,26)27)22(33)31-9-3-1-2-4-10-31/h5-8,11-13,28,30H,1-4,9-10,14H2. The Morgan fingerprint density at radius 3 is 2.55 bits per heavy atom. The normalized spacial score (nSPS) is 14.8. The highest BCUT2D eigenvalue weighted by molar-refractivity contribution is 6.30. The van der Waals surface area contributed by atoms with Gasteiger partial charge in [0.05, 0.1) is 22.6 Å². The number of hydrogen-bond donors (Lipinski definition) is 2. The molecule has 6 nitrogen and oxygen atoms in total. The summed E-state index contributed by atoms with van der Waals surface area (Å²) in [5.41, 5.74) is 1.47. The molecule has 2 N–H and O–H groups in total. The highest BCUT2D eigenvalue weighted by atomic mass is 35.5. The number of aromatic nitrogens is 2. The number of alkyl halides is 3. The monoisotopic (exact) mass is 477 g/mol. The van der Waals surface area contributed by atoms with Crippen molar-refractivity contribution in [3.8, 4) is 0 Å². The zero-order chi connectivity index (χ0) is 23.6. The third-order valence-corrected chi connectivity index (χ3v) is 5.86. The maximum atomic E-state index is 13.0. The lowest BCUT2D eigenvalue weighted by Gasteiger charge is -2.22. The fourth-order valence-electron chi connectivity index (χ4n) is 3.97. The average molecular weight is 478 g/mol. The summed E-state index contributed by atoms with van der Waals surface area (Å²) in [4.78, 5) is 19.0. The Bertz CT molecular complexity index is 1180. The number of nitrogens with zero attached hydrogens (tertiary/aromatic N) is 3. The number of benzene rings is 1. The Labute approximate surface area is 193 Å². The van der Waals surface area contributed by atoms with Crippen LogP contribution in [0.5, 0.6) is 0 Å². The minimum Gasteiger partial charge on any atom is -0.376 e. The van der Waals surface area contributed by atoms with E-state index in [0.29, 0.717) is 35.0 Å². The molecule has 0 saturated carbocycles. The molecule has 1 fully saturated rings. The van der Waals surface area contributed by atoms with Gasteiger partial charge >= 0.3 is 6.18 Å². The van der Waals surface area contributed by atoms with E-state index in [0.717, 1.165) is 25.7 Å². The van der Waals surface area contributed by atoms with E-state index in [1.807, 2.05) is 0 Å². The lowest BCUT2D eigenvalue weighted by atomic mass is 10.0. The molecule has 0 atom stereocenters. The number of hydrogen-bond acceptors (Lipinski definition) is 4. The number of likely N-dealkylation sites (tertiary alicyclic amines) is 1. The van der Waals surface area contributed by atoms with E-state index in [4.69, 9.17) is 17.0 Å². The van der Waals surface area contributed by atoms with Crippen molar-refractivity contribution in [1.82, 2.24) is 14.3 Å². The molecular weight excluding hydrogens is 455 g/mol. The number of imidazole rings is 1. The van der Waals surface area contributed by atoms with Gasteiger partial charge in [-0.3, -0.25) is 14.6 Å². The first-order valence-electron chi connectivity index (χ1n) is 10.7. The van der Waals surface area contributed by atoms with Crippen molar-refractivity contribution < 1.29 is 18.0 Å². The molecule has 1 aromatic carbocycles. The lowest BCUT2D eigenvalue weighted by Crippen LogP contribution is -2.32. The molecule has 1 aliphatic rings. The Hall–Kier alpha value is -3.07. The van der Waals surface area contributed by atoms with Crippen LogP contribution in [0.4, 0.5) is 18.9 Å². The van der Waals surface area contributed by atoms with E-state index < -0.39 is 12.7 Å². The first-order valence-corrected chi connectivity index (χ1v) is 11.1. The van der Waals surface area contributed by atoms with Crippen molar-refractivity contribution in [2.75, 3.05) is 25.0 Å². The van der Waals surface area contributed by atoms with Crippen LogP contribution >= 0.6 is 11.6 Å². The quantitative estimate of drug-likeness (QED) is 0.483. The number of anilines is 1. The van der Waals surface area contributed by atoms with Crippen LogP contribution in [-0.2, 0) is 0 Å². The fourth-order valence-corrected chi connectivity index (χ4v) is 4.13. The third kappa shape index (κ3) is 5.30. The minimum atomic E-state index is -4.46. The molecule has 1 amide bonds. The van der Waals surface area contributed by atoms with Crippen molar-refractivity contribution in [3.05, 3.63) is 64.6 Å². The van der Waals surface area contributed by atoms with E-state index in [1.165, 1.54) is 18.3 Å². The molecule has 1 aliphatic heterocycles. The number of rotatable bonds is 5. The average Bonchev–Trinajstić information content (AvgIpc) is 3.00. The van der Waals surface area contributed by atoms with Crippen LogP contribution in [0.25, 0.3) is 5.65 Å². The van der Waals surface area contributed by atoms with E-state index in [-0.39, 0.29) is 22.9 Å². The summed E-state index contributed by atoms with van der Waals surface area (Å²) in [7, 11) is 0. The van der Waals surface area contributed by atoms with Crippen LogP contribution < -0.4 is 5.32 Å². The van der Waals surface area contributed by atoms with Crippen LogP contribution in [0.3, 0.4) is 0 Å². The molecule has 10 heteroatoms. The Morgan fingerprint density at radius 1 is 1.12 bits per heavy atom. The van der Waals surface area contributed by atoms with Gasteiger partial charge in [-0.1, -0.05) is 24.4 Å². The second-order valence-electron chi connectivity index (χ2n) is 8.03. The number of amides is 1. The summed E-state index contributed by atoms with van der Waals surface area (Å²) in [6.07, 6.45) is 2.53. The summed E-state index contributed by atoms with van der Waals surface area (Å²) in [6.45, 7) is -0.0256. The predicted molar refractivity (Wildman–Crippen MR) is 121 cm³/mol. The maximum absolute atomic E-state index is 13.0. The molecule has 2 aromatic heterocycles. The molecule has 1 saturated heterocycles. The van der Waals surface area contributed by atoms with Crippen LogP contribution in [-0.4, -0.2) is 51.7 Å². The minimum absolute atomic E-state index is 0.0387. The van der Waals surface area contributed by atoms with Crippen molar-refractivity contribution in [1.29, 1.82) is 5.41 Å². The number of carbonyl (C=O) groups excluding carboxylic acids is 1. The number of fused-ring (bicyclic) bond motifs is 1. The molecule has 3 aromatic rings. The molecule has 174 valence electrons. The highest BCUT2D eigenvalue weighted by Crippen LogP contribution is 2.26. The molecule has 0 bridgehead atoms. The molecular formula is C23H23ClF3N5O. The smallest absolute Gasteiger partial charge is 0.376 e. The summed E-state index contributed by atoms with van der Waals surface area (Å²) >= 11 is 6.07. The van der Waals surface area contributed by atoms with Gasteiger partial charge in [0, 0.05) is 36.1 Å². The van der Waals surface area contributed by atoms with Gasteiger partial charge in [-0.05, 0) is 43.2 Å². The summed E-state index contributed by atoms with van der Waals surface area (Å²) in [5.74, 6) is -0.216. The van der Waals surface area contributed by atoms with Crippen LogP contribution in [0.15, 0.2) is 42.7 Å². The van der Waals surface area contributed by atoms with Gasteiger partial charge in [0.15, 0.2) is 0 Å². The maximum Gasteiger partial charge on any atom is 0.405 e. The Kier molecular flexibility index (Phi) is 6.60. The van der Waals surface area contributed by atoms with Crippen molar-refractivity contribution in [3.63, 3.8) is 0 Å². The Balaban J connectivity index is 1.70. The lowest BCUT2D eigenvalue weighted by molar-refractivity contribution is -0.115. The van der Waals surface area contributed by atoms with Crippen molar-refractivity contribution in [2.24, 2.45) is 0 Å². The van der Waals surface area contributed by atoms with Gasteiger partial charge in [-0.2, -0.15) is 13.2 Å². The van der Waals surface area contributed by atoms with Crippen LogP contribution in [0, 0.1) is 5.41 Å². The number of nitrogens with one attached hydrogen (secondary N) is 2. The van der Waals surface area contributed by atoms with Gasteiger partial charge in [0.2, 0.25) is 0 Å². The summed E-state index contributed by atoms with van der Waals surface area (Å²) in [5, 5.41) is 11.5. The number of halogens is 4. The number of carbonyl (C=O) groups is 1. The molecule has 0 spiro atoms.